The Balaban J connectivity index is 0.000000640. The van der Waals surface area contributed by atoms with Crippen molar-refractivity contribution < 1.29 is 27.0 Å². The fraction of sp³-hybridized carbons (Fsp3) is 0.800. The molecule has 3 N–H and O–H groups in total. The molecule has 1 radical (unpaired) electrons. The first-order valence-electron chi connectivity index (χ1n) is 2.67. The number of carbonyl (C=O) groups is 1. The second-order valence-corrected chi connectivity index (χ2v) is 2.31. The van der Waals surface area contributed by atoms with Crippen molar-refractivity contribution in [2.45, 2.75) is 24.8 Å². The van der Waals surface area contributed by atoms with Gasteiger partial charge in [-0.2, -0.15) is 0 Å². The maximum absolute atomic E-state index is 10.2. The minimum Gasteiger partial charge on any atom is -0.480 e. The average Bonchev–Trinajstić information content (AvgIpc) is 1.60. The Morgan fingerprint density at radius 3 is 2.00 bits per heavy atom. The third kappa shape index (κ3) is 1.45. The van der Waals surface area contributed by atoms with Crippen LogP contribution in [0.2, 0.25) is 0 Å². The van der Waals surface area contributed by atoms with Crippen LogP contribution in [0.15, 0.2) is 0 Å². The molecular formula is C5H9CuNO2+2. The van der Waals surface area contributed by atoms with E-state index in [9.17, 15) is 4.79 Å². The topological polar surface area (TPSA) is 63.3 Å². The fourth-order valence-corrected chi connectivity index (χ4v) is 0.772. The Kier molecular flexibility index (Phi) is 2.67. The molecule has 1 saturated carbocycles. The molecule has 0 saturated heterocycles. The predicted octanol–water partition coefficient (Wildman–Crippen LogP) is -0.0501. The molecule has 1 fully saturated rings. The van der Waals surface area contributed by atoms with E-state index in [1.165, 1.54) is 0 Å². The van der Waals surface area contributed by atoms with E-state index in [1.807, 2.05) is 0 Å². The van der Waals surface area contributed by atoms with Crippen molar-refractivity contribution in [3.8, 4) is 0 Å². The molecule has 0 aromatic rings. The van der Waals surface area contributed by atoms with E-state index in [1.54, 1.807) is 0 Å². The number of hydrogen-bond acceptors (Lipinski definition) is 2. The van der Waals surface area contributed by atoms with E-state index in [4.69, 9.17) is 10.8 Å². The molecule has 1 rings (SSSR count). The van der Waals surface area contributed by atoms with Gasteiger partial charge in [0, 0.05) is 0 Å². The van der Waals surface area contributed by atoms with E-state index in [0.717, 1.165) is 6.42 Å². The van der Waals surface area contributed by atoms with Crippen molar-refractivity contribution in [3.63, 3.8) is 0 Å². The van der Waals surface area contributed by atoms with Crippen molar-refractivity contribution >= 4 is 5.97 Å². The number of nitrogens with two attached hydrogens (primary N) is 1. The smallest absolute Gasteiger partial charge is 0.480 e. The summed E-state index contributed by atoms with van der Waals surface area (Å²) in [5, 5.41) is 8.37. The zero-order valence-corrected chi connectivity index (χ0v) is 5.80. The van der Waals surface area contributed by atoms with Gasteiger partial charge in [0.25, 0.3) is 0 Å². The molecule has 9 heavy (non-hydrogen) atoms. The normalized spacial score (nSPS) is 21.4. The summed E-state index contributed by atoms with van der Waals surface area (Å²) >= 11 is 0. The second-order valence-electron chi connectivity index (χ2n) is 2.31. The van der Waals surface area contributed by atoms with Crippen LogP contribution in [-0.2, 0) is 21.9 Å². The summed E-state index contributed by atoms with van der Waals surface area (Å²) < 4.78 is 0. The first-order chi connectivity index (χ1) is 3.65. The molecule has 0 bridgehead atoms. The van der Waals surface area contributed by atoms with Crippen LogP contribution in [0.5, 0.6) is 0 Å². The molecule has 0 spiro atoms. The Morgan fingerprint density at radius 1 is 1.56 bits per heavy atom. The van der Waals surface area contributed by atoms with E-state index in [0.29, 0.717) is 12.8 Å². The Labute approximate surface area is 64.1 Å². The molecule has 0 aromatic carbocycles. The van der Waals surface area contributed by atoms with Crippen molar-refractivity contribution in [2.75, 3.05) is 0 Å². The summed E-state index contributed by atoms with van der Waals surface area (Å²) in [6, 6.07) is 0. The van der Waals surface area contributed by atoms with Gasteiger partial charge >= 0.3 is 23.0 Å². The minimum atomic E-state index is -0.861. The van der Waals surface area contributed by atoms with Crippen LogP contribution in [-0.4, -0.2) is 16.6 Å². The first kappa shape index (κ1) is 8.95. The van der Waals surface area contributed by atoms with Gasteiger partial charge in [0.1, 0.15) is 5.54 Å². The second kappa shape index (κ2) is 2.69. The molecule has 0 unspecified atom stereocenters. The molecule has 3 nitrogen and oxygen atoms in total. The zero-order chi connectivity index (χ0) is 6.20. The van der Waals surface area contributed by atoms with Crippen LogP contribution in [0.1, 0.15) is 19.3 Å². The number of carboxylic acids is 1. The van der Waals surface area contributed by atoms with Gasteiger partial charge in [-0.3, -0.25) is 4.79 Å². The summed E-state index contributed by atoms with van der Waals surface area (Å²) in [7, 11) is 0. The van der Waals surface area contributed by atoms with Gasteiger partial charge in [0.15, 0.2) is 0 Å². The third-order valence-corrected chi connectivity index (χ3v) is 1.67. The van der Waals surface area contributed by atoms with Crippen molar-refractivity contribution in [1.82, 2.24) is 0 Å². The Hall–Kier alpha value is -0.0505. The molecule has 1 aliphatic carbocycles. The van der Waals surface area contributed by atoms with E-state index in [2.05, 4.69) is 0 Å². The molecule has 0 atom stereocenters. The number of rotatable bonds is 1. The van der Waals surface area contributed by atoms with Crippen LogP contribution < -0.4 is 5.73 Å². The number of aliphatic carboxylic acids is 1. The minimum absolute atomic E-state index is 0. The first-order valence-corrected chi connectivity index (χ1v) is 2.67. The van der Waals surface area contributed by atoms with E-state index in [-0.39, 0.29) is 17.1 Å². The molecular weight excluding hydrogens is 170 g/mol. The van der Waals surface area contributed by atoms with Crippen LogP contribution in [0.4, 0.5) is 0 Å². The van der Waals surface area contributed by atoms with Crippen molar-refractivity contribution in [1.29, 1.82) is 0 Å². The van der Waals surface area contributed by atoms with Crippen molar-refractivity contribution in [2.24, 2.45) is 5.73 Å². The molecule has 1 aliphatic rings. The predicted molar refractivity (Wildman–Crippen MR) is 28.4 cm³/mol. The SMILES string of the molecule is NC1(C(=O)O)CCC1.[Cu+2]. The summed E-state index contributed by atoms with van der Waals surface area (Å²) in [6.07, 6.45) is 2.24. The Morgan fingerprint density at radius 2 is 2.00 bits per heavy atom. The third-order valence-electron chi connectivity index (χ3n) is 1.67. The van der Waals surface area contributed by atoms with Crippen LogP contribution >= 0.6 is 0 Å². The van der Waals surface area contributed by atoms with Gasteiger partial charge in [0.2, 0.25) is 0 Å². The van der Waals surface area contributed by atoms with Crippen LogP contribution in [0, 0.1) is 0 Å². The summed E-state index contributed by atoms with van der Waals surface area (Å²) in [6.45, 7) is 0. The molecule has 0 aliphatic heterocycles. The van der Waals surface area contributed by atoms with Gasteiger partial charge in [-0.15, -0.1) is 0 Å². The maximum atomic E-state index is 10.2. The number of hydrogen-bond donors (Lipinski definition) is 2. The molecule has 0 heterocycles. The maximum Gasteiger partial charge on any atom is 2.00 e. The average molecular weight is 179 g/mol. The summed E-state index contributed by atoms with van der Waals surface area (Å²) in [4.78, 5) is 10.2. The summed E-state index contributed by atoms with van der Waals surface area (Å²) in [5.41, 5.74) is 4.48. The van der Waals surface area contributed by atoms with Crippen LogP contribution in [0.25, 0.3) is 0 Å². The quantitative estimate of drug-likeness (QED) is 0.554. The van der Waals surface area contributed by atoms with Crippen LogP contribution in [0.3, 0.4) is 0 Å². The fourth-order valence-electron chi connectivity index (χ4n) is 0.772. The van der Waals surface area contributed by atoms with Gasteiger partial charge < -0.3 is 10.8 Å². The van der Waals surface area contributed by atoms with Gasteiger partial charge in [0.05, 0.1) is 0 Å². The Bertz CT molecular complexity index is 122. The largest absolute Gasteiger partial charge is 2.00 e. The van der Waals surface area contributed by atoms with Gasteiger partial charge in [-0.25, -0.2) is 0 Å². The number of carboxylic acid groups (broad SMARTS) is 1. The van der Waals surface area contributed by atoms with Gasteiger partial charge in [-0.1, -0.05) is 0 Å². The molecule has 55 valence electrons. The zero-order valence-electron chi connectivity index (χ0n) is 4.86. The standard InChI is InChI=1S/C5H9NO2.Cu/c6-5(4(7)8)2-1-3-5;/h1-3,6H2,(H,7,8);/q;+2. The molecule has 4 heteroatoms. The van der Waals surface area contributed by atoms with E-state index < -0.39 is 11.5 Å². The van der Waals surface area contributed by atoms with Gasteiger partial charge in [-0.05, 0) is 19.3 Å². The monoisotopic (exact) mass is 178 g/mol. The van der Waals surface area contributed by atoms with Crippen molar-refractivity contribution in [3.05, 3.63) is 0 Å². The molecule has 0 aromatic heterocycles. The molecule has 0 amide bonds. The summed E-state index contributed by atoms with van der Waals surface area (Å²) in [5.74, 6) is -0.858. The van der Waals surface area contributed by atoms with E-state index >= 15 is 0 Å².